The monoisotopic (exact) mass is 537 g/mol. The van der Waals surface area contributed by atoms with Gasteiger partial charge in [-0.2, -0.15) is 0 Å². The van der Waals surface area contributed by atoms with E-state index in [1.807, 2.05) is 78.9 Å². The van der Waals surface area contributed by atoms with Crippen LogP contribution in [0.3, 0.4) is 0 Å². The summed E-state index contributed by atoms with van der Waals surface area (Å²) in [6.45, 7) is -0.577. The second kappa shape index (κ2) is 12.0. The number of nitrogens with two attached hydrogens (primary N) is 2. The van der Waals surface area contributed by atoms with E-state index in [0.717, 1.165) is 43.4 Å². The van der Waals surface area contributed by atoms with Crippen molar-refractivity contribution in [2.24, 2.45) is 11.5 Å². The highest BCUT2D eigenvalue weighted by Crippen LogP contribution is 2.21. The van der Waals surface area contributed by atoms with Crippen LogP contribution in [0.2, 0.25) is 0 Å². The molecule has 9 heteroatoms. The van der Waals surface area contributed by atoms with E-state index in [9.17, 15) is 14.4 Å². The van der Waals surface area contributed by atoms with Gasteiger partial charge >= 0.3 is 5.97 Å². The number of fused-ring (bicyclic) bond motifs is 2. The smallest absolute Gasteiger partial charge is 0.326 e. The topological polar surface area (TPSA) is 147 Å². The fourth-order valence-electron chi connectivity index (χ4n) is 4.83. The quantitative estimate of drug-likeness (QED) is 0.201. The van der Waals surface area contributed by atoms with Crippen LogP contribution in [0, 0.1) is 0 Å². The number of carbonyl (C=O) groups excluding carboxylic acids is 3. The summed E-state index contributed by atoms with van der Waals surface area (Å²) < 4.78 is 5.37. The number of amides is 2. The number of benzene rings is 3. The average Bonchev–Trinajstić information content (AvgIpc) is 3.58. The fraction of sp³-hybridized carbons (Fsp3) is 0.194. The SMILES string of the molecule is N[C@@H](Cc1c[nH]c2ccccc12)C(=O)N(CC(=O)OCc1ccccc1)C(=O)[C@@H](N)Cc1c[nH]c2ccccc12. The molecular weight excluding hydrogens is 506 g/mol. The zero-order chi connectivity index (χ0) is 28.1. The Labute approximate surface area is 231 Å². The lowest BCUT2D eigenvalue weighted by Gasteiger charge is -2.26. The van der Waals surface area contributed by atoms with Gasteiger partial charge in [-0.15, -0.1) is 0 Å². The van der Waals surface area contributed by atoms with Crippen LogP contribution in [0.25, 0.3) is 21.8 Å². The summed E-state index contributed by atoms with van der Waals surface area (Å²) in [5, 5.41) is 1.86. The molecule has 0 fully saturated rings. The van der Waals surface area contributed by atoms with Gasteiger partial charge < -0.3 is 26.2 Å². The average molecular weight is 538 g/mol. The van der Waals surface area contributed by atoms with Crippen LogP contribution < -0.4 is 11.5 Å². The second-order valence-corrected chi connectivity index (χ2v) is 9.75. The van der Waals surface area contributed by atoms with Gasteiger partial charge in [-0.1, -0.05) is 66.7 Å². The van der Waals surface area contributed by atoms with Crippen LogP contribution in [0.5, 0.6) is 0 Å². The van der Waals surface area contributed by atoms with Crippen molar-refractivity contribution < 1.29 is 19.1 Å². The van der Waals surface area contributed by atoms with E-state index in [1.165, 1.54) is 0 Å². The van der Waals surface area contributed by atoms with Crippen LogP contribution >= 0.6 is 0 Å². The Morgan fingerprint density at radius 1 is 0.700 bits per heavy atom. The number of hydrogen-bond donors (Lipinski definition) is 4. The standard InChI is InChI=1S/C31H31N5O4/c32-25(14-21-16-34-27-12-6-4-10-23(21)27)30(38)36(18-29(37)40-19-20-8-2-1-3-9-20)31(39)26(33)15-22-17-35-28-13-7-5-11-24(22)28/h1-13,16-17,25-26,34-35H,14-15,18-19,32-33H2/t25-,26-/m0/s1. The maximum Gasteiger partial charge on any atom is 0.326 e. The van der Waals surface area contributed by atoms with Crippen molar-refractivity contribution in [2.75, 3.05) is 6.54 Å². The van der Waals surface area contributed by atoms with E-state index < -0.39 is 36.4 Å². The number of nitrogens with zero attached hydrogens (tertiary/aromatic N) is 1. The highest BCUT2D eigenvalue weighted by atomic mass is 16.5. The molecule has 9 nitrogen and oxygen atoms in total. The molecule has 5 aromatic rings. The van der Waals surface area contributed by atoms with Gasteiger partial charge in [-0.3, -0.25) is 19.3 Å². The van der Waals surface area contributed by atoms with Crippen molar-refractivity contribution >= 4 is 39.6 Å². The number of aromatic amines is 2. The summed E-state index contributed by atoms with van der Waals surface area (Å²) >= 11 is 0. The van der Waals surface area contributed by atoms with Crippen LogP contribution in [0.15, 0.2) is 91.3 Å². The molecule has 0 spiro atoms. The third-order valence-corrected chi connectivity index (χ3v) is 6.93. The zero-order valence-corrected chi connectivity index (χ0v) is 21.9. The third kappa shape index (κ3) is 5.96. The molecular formula is C31H31N5O4. The molecule has 0 unspecified atom stereocenters. The molecule has 3 aromatic carbocycles. The molecule has 0 bridgehead atoms. The van der Waals surface area contributed by atoms with Gasteiger partial charge in [0.1, 0.15) is 13.2 Å². The predicted molar refractivity (Wildman–Crippen MR) is 153 cm³/mol. The number of ether oxygens (including phenoxy) is 1. The van der Waals surface area contributed by atoms with Crippen molar-refractivity contribution in [3.63, 3.8) is 0 Å². The molecule has 204 valence electrons. The summed E-state index contributed by atoms with van der Waals surface area (Å²) in [7, 11) is 0. The van der Waals surface area contributed by atoms with Crippen molar-refractivity contribution in [3.8, 4) is 0 Å². The van der Waals surface area contributed by atoms with Crippen molar-refractivity contribution in [2.45, 2.75) is 31.5 Å². The van der Waals surface area contributed by atoms with E-state index in [-0.39, 0.29) is 19.4 Å². The fourth-order valence-corrected chi connectivity index (χ4v) is 4.83. The van der Waals surface area contributed by atoms with Gasteiger partial charge in [0.05, 0.1) is 12.1 Å². The molecule has 0 aliphatic rings. The van der Waals surface area contributed by atoms with Gasteiger partial charge in [0.2, 0.25) is 11.8 Å². The van der Waals surface area contributed by atoms with E-state index in [4.69, 9.17) is 16.2 Å². The molecule has 6 N–H and O–H groups in total. The Bertz CT molecular complexity index is 1550. The lowest BCUT2D eigenvalue weighted by atomic mass is 10.0. The van der Waals surface area contributed by atoms with Crippen LogP contribution in [0.4, 0.5) is 0 Å². The van der Waals surface area contributed by atoms with Gasteiger partial charge in [0.15, 0.2) is 0 Å². The Morgan fingerprint density at radius 2 is 1.18 bits per heavy atom. The van der Waals surface area contributed by atoms with Gasteiger partial charge in [0, 0.05) is 34.2 Å². The van der Waals surface area contributed by atoms with Gasteiger partial charge in [0.25, 0.3) is 0 Å². The number of para-hydroxylation sites is 2. The summed E-state index contributed by atoms with van der Waals surface area (Å²) in [4.78, 5) is 47.1. The molecule has 0 aliphatic heterocycles. The molecule has 2 amide bonds. The summed E-state index contributed by atoms with van der Waals surface area (Å²) in [6, 6.07) is 22.3. The lowest BCUT2D eigenvalue weighted by Crippen LogP contribution is -2.54. The molecule has 5 rings (SSSR count). The first-order valence-corrected chi connectivity index (χ1v) is 13.1. The van der Waals surface area contributed by atoms with Crippen molar-refractivity contribution in [1.29, 1.82) is 0 Å². The number of rotatable bonds is 10. The number of imide groups is 1. The minimum atomic E-state index is -1.08. The Kier molecular flexibility index (Phi) is 8.04. The van der Waals surface area contributed by atoms with E-state index in [0.29, 0.717) is 0 Å². The van der Waals surface area contributed by atoms with Gasteiger partial charge in [-0.05, 0) is 41.7 Å². The summed E-state index contributed by atoms with van der Waals surface area (Å²) in [5.74, 6) is -2.12. The number of carbonyl (C=O) groups is 3. The van der Waals surface area contributed by atoms with E-state index in [2.05, 4.69) is 9.97 Å². The molecule has 0 saturated carbocycles. The zero-order valence-electron chi connectivity index (χ0n) is 21.9. The maximum atomic E-state index is 13.6. The number of esters is 1. The molecule has 2 heterocycles. The predicted octanol–water partition coefficient (Wildman–Crippen LogP) is 3.19. The number of H-pyrrole nitrogens is 2. The van der Waals surface area contributed by atoms with Crippen LogP contribution in [-0.2, 0) is 38.6 Å². The minimum Gasteiger partial charge on any atom is -0.459 e. The first-order valence-electron chi connectivity index (χ1n) is 13.1. The minimum absolute atomic E-state index is 0.0126. The third-order valence-electron chi connectivity index (χ3n) is 6.93. The lowest BCUT2D eigenvalue weighted by molar-refractivity contribution is -0.157. The molecule has 0 saturated heterocycles. The molecule has 2 atom stereocenters. The van der Waals surface area contributed by atoms with Crippen molar-refractivity contribution in [3.05, 3.63) is 108 Å². The number of nitrogens with one attached hydrogen (secondary N) is 2. The Morgan fingerprint density at radius 3 is 1.70 bits per heavy atom. The Balaban J connectivity index is 1.33. The molecule has 0 aliphatic carbocycles. The molecule has 0 radical (unpaired) electrons. The first-order chi connectivity index (χ1) is 19.4. The summed E-state index contributed by atoms with van der Waals surface area (Å²) in [5.41, 5.74) is 16.9. The van der Waals surface area contributed by atoms with Crippen LogP contribution in [-0.4, -0.2) is 51.3 Å². The molecule has 2 aromatic heterocycles. The summed E-state index contributed by atoms with van der Waals surface area (Å²) in [6.07, 6.45) is 3.93. The first kappa shape index (κ1) is 26.9. The van der Waals surface area contributed by atoms with Crippen LogP contribution in [0.1, 0.15) is 16.7 Å². The largest absolute Gasteiger partial charge is 0.459 e. The highest BCUT2D eigenvalue weighted by molar-refractivity contribution is 6.03. The number of aromatic nitrogens is 2. The normalized spacial score (nSPS) is 12.8. The maximum absolute atomic E-state index is 13.6. The van der Waals surface area contributed by atoms with E-state index >= 15 is 0 Å². The van der Waals surface area contributed by atoms with Crippen molar-refractivity contribution in [1.82, 2.24) is 14.9 Å². The second-order valence-electron chi connectivity index (χ2n) is 9.75. The van der Waals surface area contributed by atoms with E-state index in [1.54, 1.807) is 12.4 Å². The van der Waals surface area contributed by atoms with Gasteiger partial charge in [-0.25, -0.2) is 0 Å². The molecule has 40 heavy (non-hydrogen) atoms. The highest BCUT2D eigenvalue weighted by Gasteiger charge is 2.33. The Hall–Kier alpha value is -4.73. The number of hydrogen-bond acceptors (Lipinski definition) is 6.